The molecule has 2 nitrogen and oxygen atoms in total. The number of hydrogen-bond donors (Lipinski definition) is 1. The normalized spacial score (nSPS) is 40.4. The minimum Gasteiger partial charge on any atom is -0.330 e. The molecule has 0 radical (unpaired) electrons. The van der Waals surface area contributed by atoms with Gasteiger partial charge >= 0.3 is 0 Å². The second kappa shape index (κ2) is 6.19. The van der Waals surface area contributed by atoms with Crippen LogP contribution in [0, 0.1) is 23.7 Å². The van der Waals surface area contributed by atoms with E-state index in [1.54, 1.807) is 0 Å². The summed E-state index contributed by atoms with van der Waals surface area (Å²) in [6.45, 7) is 9.81. The first kappa shape index (κ1) is 13.4. The first-order valence-electron chi connectivity index (χ1n) is 7.64. The Labute approximate surface area is 107 Å². The molecular formula is C15H30N2. The summed E-state index contributed by atoms with van der Waals surface area (Å²) in [5, 5.41) is 0. The van der Waals surface area contributed by atoms with Crippen LogP contribution in [0.1, 0.15) is 46.0 Å². The van der Waals surface area contributed by atoms with Gasteiger partial charge < -0.3 is 10.6 Å². The van der Waals surface area contributed by atoms with Gasteiger partial charge in [0.05, 0.1) is 0 Å². The molecule has 0 bridgehead atoms. The highest BCUT2D eigenvalue weighted by molar-refractivity contribution is 4.85. The molecule has 2 fully saturated rings. The van der Waals surface area contributed by atoms with Crippen LogP contribution in [0.15, 0.2) is 0 Å². The minimum absolute atomic E-state index is 0.780. The van der Waals surface area contributed by atoms with Gasteiger partial charge in [-0.05, 0) is 69.0 Å². The molecule has 0 spiro atoms. The molecule has 1 aliphatic carbocycles. The molecule has 0 aromatic carbocycles. The molecule has 2 heteroatoms. The van der Waals surface area contributed by atoms with Crippen LogP contribution in [0.4, 0.5) is 0 Å². The lowest BCUT2D eigenvalue weighted by atomic mass is 9.68. The Morgan fingerprint density at radius 3 is 2.18 bits per heavy atom. The molecule has 0 amide bonds. The van der Waals surface area contributed by atoms with E-state index in [1.165, 1.54) is 51.7 Å². The molecular weight excluding hydrogens is 208 g/mol. The highest BCUT2D eigenvalue weighted by Gasteiger charge is 2.34. The van der Waals surface area contributed by atoms with Gasteiger partial charge in [0.2, 0.25) is 0 Å². The van der Waals surface area contributed by atoms with Crippen molar-refractivity contribution >= 4 is 0 Å². The van der Waals surface area contributed by atoms with Crippen molar-refractivity contribution in [3.63, 3.8) is 0 Å². The molecule has 1 aliphatic heterocycles. The van der Waals surface area contributed by atoms with Crippen LogP contribution in [-0.4, -0.2) is 31.1 Å². The molecule has 1 heterocycles. The number of hydrogen-bond acceptors (Lipinski definition) is 2. The SMILES string of the molecule is CC1C(CN)CCC(CN2CCCCC2)C1C. The van der Waals surface area contributed by atoms with Gasteiger partial charge in [-0.1, -0.05) is 20.3 Å². The van der Waals surface area contributed by atoms with Crippen molar-refractivity contribution in [1.29, 1.82) is 0 Å². The largest absolute Gasteiger partial charge is 0.330 e. The average Bonchev–Trinajstić information content (AvgIpc) is 2.37. The molecule has 4 unspecified atom stereocenters. The standard InChI is InChI=1S/C15H30N2/c1-12-13(2)15(7-6-14(12)10-16)11-17-8-4-3-5-9-17/h12-15H,3-11,16H2,1-2H3. The van der Waals surface area contributed by atoms with Gasteiger partial charge in [-0.3, -0.25) is 0 Å². The van der Waals surface area contributed by atoms with E-state index in [9.17, 15) is 0 Å². The Morgan fingerprint density at radius 1 is 0.941 bits per heavy atom. The molecule has 0 aromatic heterocycles. The average molecular weight is 238 g/mol. The molecule has 100 valence electrons. The third kappa shape index (κ3) is 3.23. The summed E-state index contributed by atoms with van der Waals surface area (Å²) in [7, 11) is 0. The van der Waals surface area contributed by atoms with Crippen LogP contribution in [0.3, 0.4) is 0 Å². The second-order valence-corrected chi connectivity index (χ2v) is 6.41. The van der Waals surface area contributed by atoms with Crippen molar-refractivity contribution in [2.45, 2.75) is 46.0 Å². The van der Waals surface area contributed by atoms with E-state index in [0.717, 1.165) is 30.2 Å². The van der Waals surface area contributed by atoms with E-state index in [4.69, 9.17) is 5.73 Å². The second-order valence-electron chi connectivity index (χ2n) is 6.41. The number of nitrogens with zero attached hydrogens (tertiary/aromatic N) is 1. The van der Waals surface area contributed by atoms with Crippen molar-refractivity contribution in [2.24, 2.45) is 29.4 Å². The zero-order valence-electron chi connectivity index (χ0n) is 11.7. The van der Waals surface area contributed by atoms with Crippen LogP contribution in [0.5, 0.6) is 0 Å². The first-order valence-corrected chi connectivity index (χ1v) is 7.64. The molecule has 0 aromatic rings. The topological polar surface area (TPSA) is 29.3 Å². The van der Waals surface area contributed by atoms with E-state index in [0.29, 0.717) is 0 Å². The Kier molecular flexibility index (Phi) is 4.87. The molecule has 1 saturated carbocycles. The number of nitrogens with two attached hydrogens (primary N) is 1. The maximum atomic E-state index is 5.88. The third-order valence-corrected chi connectivity index (χ3v) is 5.47. The van der Waals surface area contributed by atoms with Gasteiger partial charge in [0.25, 0.3) is 0 Å². The summed E-state index contributed by atoms with van der Waals surface area (Å²) < 4.78 is 0. The summed E-state index contributed by atoms with van der Waals surface area (Å²) >= 11 is 0. The first-order chi connectivity index (χ1) is 8.22. The van der Waals surface area contributed by atoms with Gasteiger partial charge in [0.15, 0.2) is 0 Å². The van der Waals surface area contributed by atoms with Crippen molar-refractivity contribution < 1.29 is 0 Å². The zero-order chi connectivity index (χ0) is 12.3. The molecule has 4 atom stereocenters. The molecule has 17 heavy (non-hydrogen) atoms. The zero-order valence-corrected chi connectivity index (χ0v) is 11.7. The third-order valence-electron chi connectivity index (χ3n) is 5.47. The van der Waals surface area contributed by atoms with Crippen molar-refractivity contribution in [1.82, 2.24) is 4.90 Å². The maximum Gasteiger partial charge on any atom is 0.00123 e. The van der Waals surface area contributed by atoms with Gasteiger partial charge in [0, 0.05) is 6.54 Å². The van der Waals surface area contributed by atoms with Crippen LogP contribution in [-0.2, 0) is 0 Å². The monoisotopic (exact) mass is 238 g/mol. The van der Waals surface area contributed by atoms with E-state index in [1.807, 2.05) is 0 Å². The fraction of sp³-hybridized carbons (Fsp3) is 1.00. The molecule has 2 N–H and O–H groups in total. The summed E-state index contributed by atoms with van der Waals surface area (Å²) in [4.78, 5) is 2.71. The minimum atomic E-state index is 0.780. The Morgan fingerprint density at radius 2 is 1.53 bits per heavy atom. The van der Waals surface area contributed by atoms with Gasteiger partial charge in [0.1, 0.15) is 0 Å². The van der Waals surface area contributed by atoms with Crippen LogP contribution in [0.2, 0.25) is 0 Å². The fourth-order valence-electron chi connectivity index (χ4n) is 3.88. The van der Waals surface area contributed by atoms with Crippen molar-refractivity contribution in [3.8, 4) is 0 Å². The maximum absolute atomic E-state index is 5.88. The predicted octanol–water partition coefficient (Wildman–Crippen LogP) is 2.73. The lowest BCUT2D eigenvalue weighted by molar-refractivity contribution is 0.0782. The molecule has 1 saturated heterocycles. The number of rotatable bonds is 3. The lowest BCUT2D eigenvalue weighted by Crippen LogP contribution is -2.42. The van der Waals surface area contributed by atoms with Crippen molar-refractivity contribution in [2.75, 3.05) is 26.2 Å². The Balaban J connectivity index is 1.84. The van der Waals surface area contributed by atoms with Gasteiger partial charge in [-0.2, -0.15) is 0 Å². The van der Waals surface area contributed by atoms with Crippen molar-refractivity contribution in [3.05, 3.63) is 0 Å². The van der Waals surface area contributed by atoms with E-state index in [2.05, 4.69) is 18.7 Å². The smallest absolute Gasteiger partial charge is 0.00123 e. The summed E-state index contributed by atoms with van der Waals surface area (Å²) in [6.07, 6.45) is 7.05. The fourth-order valence-corrected chi connectivity index (χ4v) is 3.88. The summed E-state index contributed by atoms with van der Waals surface area (Å²) in [5.41, 5.74) is 5.88. The predicted molar refractivity (Wildman–Crippen MR) is 73.9 cm³/mol. The van der Waals surface area contributed by atoms with Crippen LogP contribution >= 0.6 is 0 Å². The number of likely N-dealkylation sites (tertiary alicyclic amines) is 1. The molecule has 2 aliphatic rings. The highest BCUT2D eigenvalue weighted by Crippen LogP contribution is 2.38. The van der Waals surface area contributed by atoms with Crippen LogP contribution < -0.4 is 5.73 Å². The van der Waals surface area contributed by atoms with E-state index >= 15 is 0 Å². The summed E-state index contributed by atoms with van der Waals surface area (Å²) in [5.74, 6) is 3.39. The van der Waals surface area contributed by atoms with E-state index in [-0.39, 0.29) is 0 Å². The lowest BCUT2D eigenvalue weighted by Gasteiger charge is -2.42. The quantitative estimate of drug-likeness (QED) is 0.819. The highest BCUT2D eigenvalue weighted by atomic mass is 15.1. The van der Waals surface area contributed by atoms with E-state index < -0.39 is 0 Å². The van der Waals surface area contributed by atoms with Gasteiger partial charge in [-0.25, -0.2) is 0 Å². The Bertz CT molecular complexity index is 223. The van der Waals surface area contributed by atoms with Gasteiger partial charge in [-0.15, -0.1) is 0 Å². The van der Waals surface area contributed by atoms with Crippen LogP contribution in [0.25, 0.3) is 0 Å². The Hall–Kier alpha value is -0.0800. The number of piperidine rings is 1. The molecule has 2 rings (SSSR count). The summed E-state index contributed by atoms with van der Waals surface area (Å²) in [6, 6.07) is 0.